The fourth-order valence-corrected chi connectivity index (χ4v) is 2.18. The number of rotatable bonds is 10. The van der Waals surface area contributed by atoms with E-state index < -0.39 is 0 Å². The lowest BCUT2D eigenvalue weighted by atomic mass is 10.1. The number of unbranched alkanes of at least 4 members (excludes halogenated alkanes) is 2. The summed E-state index contributed by atoms with van der Waals surface area (Å²) in [6.45, 7) is 7.33. The van der Waals surface area contributed by atoms with Crippen LogP contribution < -0.4 is 10.1 Å². The van der Waals surface area contributed by atoms with Crippen LogP contribution in [0.1, 0.15) is 45.1 Å². The molecule has 2 nitrogen and oxygen atoms in total. The first kappa shape index (κ1) is 16.3. The second kappa shape index (κ2) is 10.1. The number of halogens is 1. The molecule has 0 amide bonds. The first-order valence-corrected chi connectivity index (χ1v) is 7.77. The second-order valence-electron chi connectivity index (χ2n) is 4.77. The van der Waals surface area contributed by atoms with Crippen molar-refractivity contribution in [2.45, 2.75) is 46.0 Å². The van der Waals surface area contributed by atoms with Gasteiger partial charge in [-0.05, 0) is 69.0 Å². The van der Waals surface area contributed by atoms with Gasteiger partial charge in [-0.1, -0.05) is 25.4 Å². The molecule has 0 aliphatic heterocycles. The lowest BCUT2D eigenvalue weighted by Crippen LogP contribution is -2.15. The van der Waals surface area contributed by atoms with E-state index in [1.54, 1.807) is 0 Å². The van der Waals surface area contributed by atoms with Gasteiger partial charge in [0.1, 0.15) is 5.75 Å². The van der Waals surface area contributed by atoms with Crippen LogP contribution in [0.2, 0.25) is 5.02 Å². The molecule has 0 bridgehead atoms. The maximum absolute atomic E-state index is 6.08. The minimum Gasteiger partial charge on any atom is -0.494 e. The summed E-state index contributed by atoms with van der Waals surface area (Å²) in [6.07, 6.45) is 5.70. The lowest BCUT2D eigenvalue weighted by molar-refractivity contribution is 0.304. The van der Waals surface area contributed by atoms with Crippen LogP contribution in [0.15, 0.2) is 18.2 Å². The predicted molar refractivity (Wildman–Crippen MR) is 83.3 cm³/mol. The molecular formula is C16H26ClNO. The van der Waals surface area contributed by atoms with E-state index in [4.69, 9.17) is 16.3 Å². The van der Waals surface area contributed by atoms with E-state index in [-0.39, 0.29) is 0 Å². The summed E-state index contributed by atoms with van der Waals surface area (Å²) in [4.78, 5) is 0. The molecule has 1 rings (SSSR count). The molecule has 0 saturated carbocycles. The first-order chi connectivity index (χ1) is 9.27. The SMILES string of the molecule is CCCNCCCCCOc1ccc(Cl)c(CC)c1. The van der Waals surface area contributed by atoms with Crippen LogP contribution >= 0.6 is 11.6 Å². The molecular weight excluding hydrogens is 258 g/mol. The standard InChI is InChI=1S/C16H26ClNO/c1-3-10-18-11-6-5-7-12-19-15-8-9-16(17)14(4-2)13-15/h8-9,13,18H,3-7,10-12H2,1-2H3. The molecule has 1 aromatic carbocycles. The summed E-state index contributed by atoms with van der Waals surface area (Å²) < 4.78 is 5.75. The lowest BCUT2D eigenvalue weighted by Gasteiger charge is -2.09. The maximum atomic E-state index is 6.08. The van der Waals surface area contributed by atoms with E-state index in [0.29, 0.717) is 0 Å². The number of hydrogen-bond donors (Lipinski definition) is 1. The van der Waals surface area contributed by atoms with Crippen molar-refractivity contribution in [3.8, 4) is 5.75 Å². The minimum atomic E-state index is 0.790. The molecule has 19 heavy (non-hydrogen) atoms. The number of benzene rings is 1. The van der Waals surface area contributed by atoms with Gasteiger partial charge in [0.15, 0.2) is 0 Å². The zero-order valence-electron chi connectivity index (χ0n) is 12.2. The Hall–Kier alpha value is -0.730. The van der Waals surface area contributed by atoms with Gasteiger partial charge < -0.3 is 10.1 Å². The van der Waals surface area contributed by atoms with E-state index in [1.165, 1.54) is 19.3 Å². The summed E-state index contributed by atoms with van der Waals surface area (Å²) in [7, 11) is 0. The van der Waals surface area contributed by atoms with Gasteiger partial charge in [0.2, 0.25) is 0 Å². The summed E-state index contributed by atoms with van der Waals surface area (Å²) >= 11 is 6.08. The van der Waals surface area contributed by atoms with Crippen molar-refractivity contribution >= 4 is 11.6 Å². The van der Waals surface area contributed by atoms with Gasteiger partial charge in [-0.3, -0.25) is 0 Å². The molecule has 0 saturated heterocycles. The van der Waals surface area contributed by atoms with Crippen molar-refractivity contribution in [1.82, 2.24) is 5.32 Å². The predicted octanol–water partition coefficient (Wildman–Crippen LogP) is 4.45. The Morgan fingerprint density at radius 3 is 2.68 bits per heavy atom. The summed E-state index contributed by atoms with van der Waals surface area (Å²) in [5.41, 5.74) is 1.16. The molecule has 0 heterocycles. The number of ether oxygens (including phenoxy) is 1. The fraction of sp³-hybridized carbons (Fsp3) is 0.625. The van der Waals surface area contributed by atoms with Crippen LogP contribution in [0, 0.1) is 0 Å². The average molecular weight is 284 g/mol. The molecule has 0 aliphatic rings. The van der Waals surface area contributed by atoms with Crippen LogP contribution in [0.4, 0.5) is 0 Å². The zero-order chi connectivity index (χ0) is 13.9. The highest BCUT2D eigenvalue weighted by Gasteiger charge is 2.00. The molecule has 0 atom stereocenters. The Kier molecular flexibility index (Phi) is 8.68. The van der Waals surface area contributed by atoms with E-state index in [1.807, 2.05) is 18.2 Å². The van der Waals surface area contributed by atoms with E-state index >= 15 is 0 Å². The van der Waals surface area contributed by atoms with Gasteiger partial charge in [0.05, 0.1) is 6.61 Å². The molecule has 0 aliphatic carbocycles. The van der Waals surface area contributed by atoms with Crippen molar-refractivity contribution < 1.29 is 4.74 Å². The van der Waals surface area contributed by atoms with Gasteiger partial charge in [-0.15, -0.1) is 0 Å². The molecule has 108 valence electrons. The largest absolute Gasteiger partial charge is 0.494 e. The van der Waals surface area contributed by atoms with Crippen molar-refractivity contribution in [2.75, 3.05) is 19.7 Å². The van der Waals surface area contributed by atoms with Crippen LogP contribution in [0.3, 0.4) is 0 Å². The molecule has 0 unspecified atom stereocenters. The molecule has 0 radical (unpaired) electrons. The Balaban J connectivity index is 2.12. The van der Waals surface area contributed by atoms with Crippen molar-refractivity contribution in [1.29, 1.82) is 0 Å². The van der Waals surface area contributed by atoms with Gasteiger partial charge in [-0.25, -0.2) is 0 Å². The maximum Gasteiger partial charge on any atom is 0.119 e. The minimum absolute atomic E-state index is 0.790. The Morgan fingerprint density at radius 2 is 1.95 bits per heavy atom. The van der Waals surface area contributed by atoms with Gasteiger partial charge >= 0.3 is 0 Å². The Bertz CT molecular complexity index is 355. The monoisotopic (exact) mass is 283 g/mol. The first-order valence-electron chi connectivity index (χ1n) is 7.39. The highest BCUT2D eigenvalue weighted by atomic mass is 35.5. The highest BCUT2D eigenvalue weighted by molar-refractivity contribution is 6.31. The van der Waals surface area contributed by atoms with Crippen LogP contribution in [0.25, 0.3) is 0 Å². The summed E-state index contributed by atoms with van der Waals surface area (Å²) in [6, 6.07) is 5.92. The summed E-state index contributed by atoms with van der Waals surface area (Å²) in [5, 5.41) is 4.24. The normalized spacial score (nSPS) is 10.7. The molecule has 0 fully saturated rings. The zero-order valence-corrected chi connectivity index (χ0v) is 12.9. The van der Waals surface area contributed by atoms with Crippen molar-refractivity contribution in [3.63, 3.8) is 0 Å². The molecule has 0 spiro atoms. The quantitative estimate of drug-likeness (QED) is 0.641. The van der Waals surface area contributed by atoms with Crippen molar-refractivity contribution in [3.05, 3.63) is 28.8 Å². The van der Waals surface area contributed by atoms with Crippen LogP contribution in [-0.2, 0) is 6.42 Å². The number of aryl methyl sites for hydroxylation is 1. The van der Waals surface area contributed by atoms with Crippen molar-refractivity contribution in [2.24, 2.45) is 0 Å². The number of hydrogen-bond acceptors (Lipinski definition) is 2. The molecule has 3 heteroatoms. The molecule has 0 aromatic heterocycles. The Morgan fingerprint density at radius 1 is 1.11 bits per heavy atom. The van der Waals surface area contributed by atoms with Gasteiger partial charge in [0, 0.05) is 5.02 Å². The van der Waals surface area contributed by atoms with E-state index in [9.17, 15) is 0 Å². The average Bonchev–Trinajstić information content (AvgIpc) is 2.43. The van der Waals surface area contributed by atoms with Crippen LogP contribution in [-0.4, -0.2) is 19.7 Å². The molecule has 1 N–H and O–H groups in total. The third-order valence-electron chi connectivity index (χ3n) is 3.09. The third kappa shape index (κ3) is 6.84. The van der Waals surface area contributed by atoms with E-state index in [2.05, 4.69) is 19.2 Å². The Labute approximate surface area is 122 Å². The van der Waals surface area contributed by atoms with Crippen LogP contribution in [0.5, 0.6) is 5.75 Å². The highest BCUT2D eigenvalue weighted by Crippen LogP contribution is 2.22. The van der Waals surface area contributed by atoms with Gasteiger partial charge in [0.25, 0.3) is 0 Å². The van der Waals surface area contributed by atoms with Gasteiger partial charge in [-0.2, -0.15) is 0 Å². The van der Waals surface area contributed by atoms with E-state index in [0.717, 1.165) is 48.9 Å². The number of nitrogens with one attached hydrogen (secondary N) is 1. The third-order valence-corrected chi connectivity index (χ3v) is 3.46. The second-order valence-corrected chi connectivity index (χ2v) is 5.17. The summed E-state index contributed by atoms with van der Waals surface area (Å²) in [5.74, 6) is 0.936. The smallest absolute Gasteiger partial charge is 0.119 e. The molecule has 1 aromatic rings. The fourth-order valence-electron chi connectivity index (χ4n) is 1.93. The topological polar surface area (TPSA) is 21.3 Å².